The summed E-state index contributed by atoms with van der Waals surface area (Å²) >= 11 is 0. The van der Waals surface area contributed by atoms with Gasteiger partial charge in [0.25, 0.3) is 0 Å². The Morgan fingerprint density at radius 3 is 2.55 bits per heavy atom. The van der Waals surface area contributed by atoms with Crippen LogP contribution in [0.5, 0.6) is 0 Å². The van der Waals surface area contributed by atoms with E-state index in [0.717, 1.165) is 0 Å². The third-order valence-electron chi connectivity index (χ3n) is 2.55. The molecule has 0 amide bonds. The van der Waals surface area contributed by atoms with E-state index in [2.05, 4.69) is 10.8 Å². The molecule has 0 aliphatic carbocycles. The highest BCUT2D eigenvalue weighted by Crippen LogP contribution is 2.35. The molecular formula is C12H27N2O5P. The third-order valence-corrected chi connectivity index (χ3v) is 3.27. The summed E-state index contributed by atoms with van der Waals surface area (Å²) in [6.45, 7) is 8.91. The van der Waals surface area contributed by atoms with Crippen molar-refractivity contribution < 1.29 is 23.6 Å². The summed E-state index contributed by atoms with van der Waals surface area (Å²) in [4.78, 5) is 25.9. The number of nitrogens with one attached hydrogen (secondary N) is 2. The smallest absolute Gasteiger partial charge is 0.328 e. The Morgan fingerprint density at radius 1 is 1.40 bits per heavy atom. The van der Waals surface area contributed by atoms with Crippen molar-refractivity contribution in [1.82, 2.24) is 10.8 Å². The number of carbonyl (C=O) groups is 1. The maximum Gasteiger partial charge on any atom is 0.329 e. The first kappa shape index (κ1) is 19.9. The minimum atomic E-state index is -1.99. The lowest BCUT2D eigenvalue weighted by atomic mass is 9.96. The molecule has 0 aliphatic rings. The first-order valence-electron chi connectivity index (χ1n) is 6.59. The molecule has 0 rings (SSSR count). The molecule has 0 saturated heterocycles. The monoisotopic (exact) mass is 310 g/mol. The van der Waals surface area contributed by atoms with E-state index >= 15 is 0 Å². The lowest BCUT2D eigenvalue weighted by Gasteiger charge is -2.25. The van der Waals surface area contributed by atoms with Crippen LogP contribution in [0.3, 0.4) is 0 Å². The molecule has 2 unspecified atom stereocenters. The fraction of sp³-hybridized carbons (Fsp3) is 0.917. The summed E-state index contributed by atoms with van der Waals surface area (Å²) in [5.41, 5.74) is 2.62. The molecule has 0 aliphatic heterocycles. The van der Waals surface area contributed by atoms with Crippen LogP contribution < -0.4 is 10.8 Å². The lowest BCUT2D eigenvalue weighted by molar-refractivity contribution is -0.119. The fourth-order valence-corrected chi connectivity index (χ4v) is 2.02. The zero-order valence-electron chi connectivity index (χ0n) is 12.9. The Hall–Kier alpha value is -0.140. The molecule has 0 aromatic rings. The van der Waals surface area contributed by atoms with Crippen molar-refractivity contribution in [3.63, 3.8) is 0 Å². The number of likely N-dealkylation sites (N-methyl/N-ethyl adjacent to an activating group) is 1. The Labute approximate surface area is 122 Å². The van der Waals surface area contributed by atoms with Crippen LogP contribution in [-0.2, 0) is 18.7 Å². The van der Waals surface area contributed by atoms with Gasteiger partial charge in [-0.1, -0.05) is 13.8 Å². The number of hydrogen-bond donors (Lipinski definition) is 3. The van der Waals surface area contributed by atoms with Gasteiger partial charge in [-0.2, -0.15) is 0 Å². The highest BCUT2D eigenvalue weighted by molar-refractivity contribution is 7.40. The van der Waals surface area contributed by atoms with Crippen molar-refractivity contribution in [2.75, 3.05) is 33.4 Å². The first-order valence-corrected chi connectivity index (χ1v) is 7.72. The molecule has 0 bridgehead atoms. The fourth-order valence-electron chi connectivity index (χ4n) is 1.21. The van der Waals surface area contributed by atoms with Crippen molar-refractivity contribution in [3.8, 4) is 0 Å². The number of rotatable bonds is 12. The van der Waals surface area contributed by atoms with Gasteiger partial charge in [0.2, 0.25) is 0 Å². The van der Waals surface area contributed by atoms with Crippen molar-refractivity contribution in [1.29, 1.82) is 0 Å². The zero-order chi connectivity index (χ0) is 15.6. The summed E-state index contributed by atoms with van der Waals surface area (Å²) in [5, 5.41) is 2.81. The molecule has 7 nitrogen and oxygen atoms in total. The van der Waals surface area contributed by atoms with Crippen LogP contribution in [0.4, 0.5) is 0 Å². The van der Waals surface area contributed by atoms with Gasteiger partial charge in [-0.3, -0.25) is 4.79 Å². The number of carbonyl (C=O) groups excluding carboxylic acids is 1. The summed E-state index contributed by atoms with van der Waals surface area (Å²) < 4.78 is 10.4. The normalized spacial score (nSPS) is 15.1. The van der Waals surface area contributed by atoms with Crippen molar-refractivity contribution >= 4 is 14.4 Å². The van der Waals surface area contributed by atoms with Crippen LogP contribution in [0.2, 0.25) is 0 Å². The second kappa shape index (κ2) is 10.6. The predicted molar refractivity (Wildman–Crippen MR) is 78.0 cm³/mol. The molecule has 0 aromatic carbocycles. The van der Waals surface area contributed by atoms with Gasteiger partial charge < -0.3 is 24.1 Å². The quantitative estimate of drug-likeness (QED) is 0.281. The maximum atomic E-state index is 11.2. The second-order valence-corrected chi connectivity index (χ2v) is 6.17. The van der Waals surface area contributed by atoms with Crippen LogP contribution in [0.25, 0.3) is 0 Å². The molecule has 20 heavy (non-hydrogen) atoms. The molecule has 0 radical (unpaired) electrons. The van der Waals surface area contributed by atoms with E-state index in [1.165, 1.54) is 6.92 Å². The third kappa shape index (κ3) is 9.72. The van der Waals surface area contributed by atoms with Crippen molar-refractivity contribution in [2.24, 2.45) is 5.41 Å². The standard InChI is InChI=1S/C12H27N2O5P/c1-6-17-14-8-12(3,4)9-19-20(16)18-7-11(13-5)10(2)15/h11,13-14,16H,6-9H2,1-5H3. The summed E-state index contributed by atoms with van der Waals surface area (Å²) in [5.74, 6) is -0.0443. The molecule has 0 aromatic heterocycles. The van der Waals surface area contributed by atoms with Crippen molar-refractivity contribution in [3.05, 3.63) is 0 Å². The van der Waals surface area contributed by atoms with E-state index in [9.17, 15) is 9.69 Å². The number of Topliss-reactive ketones (excluding diaryl/α,β-unsaturated/α-hetero) is 1. The Morgan fingerprint density at radius 2 is 2.05 bits per heavy atom. The van der Waals surface area contributed by atoms with Gasteiger partial charge in [0.1, 0.15) is 5.78 Å². The van der Waals surface area contributed by atoms with E-state index in [4.69, 9.17) is 13.9 Å². The molecule has 0 spiro atoms. The molecule has 2 atom stereocenters. The molecule has 0 fully saturated rings. The maximum absolute atomic E-state index is 11.2. The lowest BCUT2D eigenvalue weighted by Crippen LogP contribution is -2.36. The van der Waals surface area contributed by atoms with Crippen LogP contribution in [-0.4, -0.2) is 50.1 Å². The van der Waals surface area contributed by atoms with Gasteiger partial charge in [-0.15, -0.1) is 0 Å². The van der Waals surface area contributed by atoms with Crippen LogP contribution >= 0.6 is 8.60 Å². The van der Waals surface area contributed by atoms with E-state index < -0.39 is 14.6 Å². The van der Waals surface area contributed by atoms with Gasteiger partial charge in [-0.05, 0) is 20.9 Å². The van der Waals surface area contributed by atoms with Gasteiger partial charge in [-0.25, -0.2) is 5.48 Å². The number of hydroxylamine groups is 1. The summed E-state index contributed by atoms with van der Waals surface area (Å²) in [6.07, 6.45) is 0. The SMILES string of the molecule is CCONCC(C)(C)COP(O)OCC(NC)C(C)=O. The van der Waals surface area contributed by atoms with Crippen molar-refractivity contribution in [2.45, 2.75) is 33.7 Å². The van der Waals surface area contributed by atoms with E-state index in [1.54, 1.807) is 7.05 Å². The second-order valence-electron chi connectivity index (χ2n) is 5.18. The molecule has 0 saturated carbocycles. The molecule has 8 heteroatoms. The van der Waals surface area contributed by atoms with Gasteiger partial charge in [0, 0.05) is 12.0 Å². The zero-order valence-corrected chi connectivity index (χ0v) is 13.8. The predicted octanol–water partition coefficient (Wildman–Crippen LogP) is 0.983. The highest BCUT2D eigenvalue weighted by atomic mass is 31.2. The molecule has 0 heterocycles. The van der Waals surface area contributed by atoms with E-state index in [-0.39, 0.29) is 17.8 Å². The molecular weight excluding hydrogens is 283 g/mol. The Kier molecular flexibility index (Phi) is 10.5. The summed E-state index contributed by atoms with van der Waals surface area (Å²) in [6, 6.07) is -0.427. The van der Waals surface area contributed by atoms with Crippen LogP contribution in [0.15, 0.2) is 0 Å². The van der Waals surface area contributed by atoms with E-state index in [0.29, 0.717) is 19.8 Å². The summed E-state index contributed by atoms with van der Waals surface area (Å²) in [7, 11) is -0.322. The van der Waals surface area contributed by atoms with Crippen LogP contribution in [0, 0.1) is 5.41 Å². The minimum Gasteiger partial charge on any atom is -0.328 e. The highest BCUT2D eigenvalue weighted by Gasteiger charge is 2.22. The Balaban J connectivity index is 3.91. The number of ketones is 1. The topological polar surface area (TPSA) is 89.1 Å². The van der Waals surface area contributed by atoms with E-state index in [1.807, 2.05) is 20.8 Å². The average molecular weight is 310 g/mol. The van der Waals surface area contributed by atoms with Gasteiger partial charge >= 0.3 is 8.60 Å². The number of hydrogen-bond acceptors (Lipinski definition) is 7. The molecule has 3 N–H and O–H groups in total. The Bertz CT molecular complexity index is 279. The van der Waals surface area contributed by atoms with Gasteiger partial charge in [0.05, 0.1) is 25.9 Å². The minimum absolute atomic E-state index is 0.0443. The van der Waals surface area contributed by atoms with Crippen LogP contribution in [0.1, 0.15) is 27.7 Å². The van der Waals surface area contributed by atoms with Gasteiger partial charge in [0.15, 0.2) is 0 Å². The molecule has 120 valence electrons. The average Bonchev–Trinajstić information content (AvgIpc) is 2.37. The first-order chi connectivity index (χ1) is 9.32. The largest absolute Gasteiger partial charge is 0.329 e.